The van der Waals surface area contributed by atoms with Gasteiger partial charge in [-0.15, -0.1) is 0 Å². The van der Waals surface area contributed by atoms with Crippen LogP contribution in [0.4, 0.5) is 4.39 Å². The first-order chi connectivity index (χ1) is 8.22. The van der Waals surface area contributed by atoms with Crippen LogP contribution < -0.4 is 5.32 Å². The third-order valence-electron chi connectivity index (χ3n) is 4.60. The zero-order valence-corrected chi connectivity index (χ0v) is 10.4. The van der Waals surface area contributed by atoms with Crippen LogP contribution >= 0.6 is 0 Å². The fraction of sp³-hybridized carbons (Fsp3) is 0.600. The molecule has 1 aromatic carbocycles. The molecule has 2 saturated carbocycles. The zero-order chi connectivity index (χ0) is 11.8. The number of nitrogens with one attached hydrogen (secondary N) is 1. The quantitative estimate of drug-likeness (QED) is 0.843. The van der Waals surface area contributed by atoms with Gasteiger partial charge in [0.15, 0.2) is 0 Å². The normalized spacial score (nSPS) is 31.1. The Labute approximate surface area is 102 Å². The van der Waals surface area contributed by atoms with Gasteiger partial charge in [0.25, 0.3) is 0 Å². The summed E-state index contributed by atoms with van der Waals surface area (Å²) in [4.78, 5) is 0. The molecule has 92 valence electrons. The van der Waals surface area contributed by atoms with E-state index >= 15 is 0 Å². The molecule has 2 bridgehead atoms. The van der Waals surface area contributed by atoms with Crippen molar-refractivity contribution in [1.82, 2.24) is 5.32 Å². The molecule has 0 aromatic heterocycles. The van der Waals surface area contributed by atoms with E-state index in [2.05, 4.69) is 12.2 Å². The van der Waals surface area contributed by atoms with E-state index in [-0.39, 0.29) is 5.82 Å². The maximum absolute atomic E-state index is 13.2. The van der Waals surface area contributed by atoms with Gasteiger partial charge in [-0.3, -0.25) is 0 Å². The minimum atomic E-state index is -0.125. The topological polar surface area (TPSA) is 12.0 Å². The van der Waals surface area contributed by atoms with Crippen molar-refractivity contribution in [2.45, 2.75) is 45.2 Å². The Hall–Kier alpha value is -0.890. The second-order valence-corrected chi connectivity index (χ2v) is 5.73. The van der Waals surface area contributed by atoms with Crippen molar-refractivity contribution in [3.05, 3.63) is 35.1 Å². The third-order valence-corrected chi connectivity index (χ3v) is 4.60. The average Bonchev–Trinajstić information content (AvgIpc) is 2.92. The lowest BCUT2D eigenvalue weighted by Crippen LogP contribution is -2.33. The summed E-state index contributed by atoms with van der Waals surface area (Å²) < 4.78 is 13.2. The Morgan fingerprint density at radius 3 is 2.88 bits per heavy atom. The molecule has 3 unspecified atom stereocenters. The van der Waals surface area contributed by atoms with Crippen molar-refractivity contribution >= 4 is 0 Å². The largest absolute Gasteiger partial charge is 0.310 e. The smallest absolute Gasteiger partial charge is 0.123 e. The highest BCUT2D eigenvalue weighted by atomic mass is 19.1. The van der Waals surface area contributed by atoms with E-state index in [9.17, 15) is 4.39 Å². The van der Waals surface area contributed by atoms with Gasteiger partial charge in [-0.1, -0.05) is 12.5 Å². The first-order valence-electron chi connectivity index (χ1n) is 6.71. The van der Waals surface area contributed by atoms with E-state index in [1.807, 2.05) is 6.07 Å². The minimum Gasteiger partial charge on any atom is -0.310 e. The molecule has 1 nitrogen and oxygen atoms in total. The van der Waals surface area contributed by atoms with E-state index in [4.69, 9.17) is 0 Å². The maximum Gasteiger partial charge on any atom is 0.123 e. The predicted molar refractivity (Wildman–Crippen MR) is 67.2 cm³/mol. The van der Waals surface area contributed by atoms with Crippen LogP contribution in [0.2, 0.25) is 0 Å². The molecular formula is C15H20FN. The van der Waals surface area contributed by atoms with Crippen LogP contribution in [0.3, 0.4) is 0 Å². The molecule has 0 radical (unpaired) electrons. The molecule has 3 rings (SSSR count). The van der Waals surface area contributed by atoms with Crippen molar-refractivity contribution < 1.29 is 4.39 Å². The van der Waals surface area contributed by atoms with E-state index in [0.717, 1.165) is 23.9 Å². The number of aryl methyl sites for hydroxylation is 1. The maximum atomic E-state index is 13.2. The molecule has 17 heavy (non-hydrogen) atoms. The fourth-order valence-corrected chi connectivity index (χ4v) is 3.57. The number of rotatable bonds is 3. The van der Waals surface area contributed by atoms with Gasteiger partial charge in [-0.25, -0.2) is 4.39 Å². The van der Waals surface area contributed by atoms with Gasteiger partial charge in [-0.2, -0.15) is 0 Å². The molecule has 2 heteroatoms. The Kier molecular flexibility index (Phi) is 2.91. The van der Waals surface area contributed by atoms with Crippen molar-refractivity contribution in [3.63, 3.8) is 0 Å². The van der Waals surface area contributed by atoms with Gasteiger partial charge in [0.2, 0.25) is 0 Å². The summed E-state index contributed by atoms with van der Waals surface area (Å²) in [5, 5.41) is 3.63. The number of hydrogen-bond donors (Lipinski definition) is 1. The lowest BCUT2D eigenvalue weighted by Gasteiger charge is -2.23. The summed E-state index contributed by atoms with van der Waals surface area (Å²) in [6.07, 6.45) is 5.57. The van der Waals surface area contributed by atoms with Crippen molar-refractivity contribution in [2.75, 3.05) is 0 Å². The van der Waals surface area contributed by atoms with Crippen LogP contribution in [-0.2, 0) is 6.54 Å². The molecule has 0 saturated heterocycles. The van der Waals surface area contributed by atoms with Gasteiger partial charge in [0.1, 0.15) is 5.82 Å². The highest BCUT2D eigenvalue weighted by molar-refractivity contribution is 5.26. The first kappa shape index (κ1) is 11.2. The molecule has 1 aromatic rings. The average molecular weight is 233 g/mol. The number of fused-ring (bicyclic) bond motifs is 2. The van der Waals surface area contributed by atoms with Crippen molar-refractivity contribution in [1.29, 1.82) is 0 Å². The monoisotopic (exact) mass is 233 g/mol. The lowest BCUT2D eigenvalue weighted by molar-refractivity contribution is 0.350. The first-order valence-corrected chi connectivity index (χ1v) is 6.71. The molecule has 0 amide bonds. The molecule has 0 heterocycles. The summed E-state index contributed by atoms with van der Waals surface area (Å²) in [5.41, 5.74) is 2.29. The van der Waals surface area contributed by atoms with E-state index in [0.29, 0.717) is 6.04 Å². The highest BCUT2D eigenvalue weighted by Gasteiger charge is 2.38. The van der Waals surface area contributed by atoms with Crippen LogP contribution in [0.25, 0.3) is 0 Å². The highest BCUT2D eigenvalue weighted by Crippen LogP contribution is 2.44. The fourth-order valence-electron chi connectivity index (χ4n) is 3.57. The second kappa shape index (κ2) is 4.41. The molecule has 3 atom stereocenters. The van der Waals surface area contributed by atoms with Gasteiger partial charge in [-0.05, 0) is 61.3 Å². The summed E-state index contributed by atoms with van der Waals surface area (Å²) >= 11 is 0. The van der Waals surface area contributed by atoms with Crippen LogP contribution in [0.15, 0.2) is 18.2 Å². The molecule has 1 N–H and O–H groups in total. The van der Waals surface area contributed by atoms with Crippen LogP contribution in [0, 0.1) is 24.6 Å². The molecule has 0 spiro atoms. The summed E-state index contributed by atoms with van der Waals surface area (Å²) in [6.45, 7) is 2.87. The molecule has 2 fully saturated rings. The molecule has 2 aliphatic carbocycles. The Balaban J connectivity index is 1.62. The van der Waals surface area contributed by atoms with Crippen LogP contribution in [-0.4, -0.2) is 6.04 Å². The van der Waals surface area contributed by atoms with E-state index in [1.54, 1.807) is 6.07 Å². The predicted octanol–water partition coefficient (Wildman–Crippen LogP) is 3.41. The van der Waals surface area contributed by atoms with Gasteiger partial charge in [0.05, 0.1) is 0 Å². The Morgan fingerprint density at radius 1 is 1.29 bits per heavy atom. The lowest BCUT2D eigenvalue weighted by atomic mass is 9.95. The summed E-state index contributed by atoms with van der Waals surface area (Å²) in [7, 11) is 0. The Morgan fingerprint density at radius 2 is 2.18 bits per heavy atom. The van der Waals surface area contributed by atoms with Crippen LogP contribution in [0.5, 0.6) is 0 Å². The Bertz CT molecular complexity index is 415. The summed E-state index contributed by atoms with van der Waals surface area (Å²) in [6, 6.07) is 5.75. The van der Waals surface area contributed by atoms with E-state index < -0.39 is 0 Å². The number of benzene rings is 1. The van der Waals surface area contributed by atoms with E-state index in [1.165, 1.54) is 37.3 Å². The number of hydrogen-bond acceptors (Lipinski definition) is 1. The number of halogens is 1. The van der Waals surface area contributed by atoms with Gasteiger partial charge >= 0.3 is 0 Å². The zero-order valence-electron chi connectivity index (χ0n) is 10.4. The molecule has 2 aliphatic rings. The van der Waals surface area contributed by atoms with Crippen molar-refractivity contribution in [2.24, 2.45) is 11.8 Å². The van der Waals surface area contributed by atoms with Gasteiger partial charge < -0.3 is 5.32 Å². The molecular weight excluding hydrogens is 213 g/mol. The second-order valence-electron chi connectivity index (χ2n) is 5.73. The van der Waals surface area contributed by atoms with Crippen molar-refractivity contribution in [3.8, 4) is 0 Å². The SMILES string of the molecule is Cc1ccc(F)cc1CNC1CC2CCC1C2. The van der Waals surface area contributed by atoms with Gasteiger partial charge in [0, 0.05) is 12.6 Å². The molecule has 0 aliphatic heterocycles. The third kappa shape index (κ3) is 2.23. The standard InChI is InChI=1S/C15H20FN/c1-10-2-5-14(16)8-13(10)9-17-15-7-11-3-4-12(15)6-11/h2,5,8,11-12,15,17H,3-4,6-7,9H2,1H3. The summed E-state index contributed by atoms with van der Waals surface area (Å²) in [5.74, 6) is 1.72. The van der Waals surface area contributed by atoms with Crippen LogP contribution in [0.1, 0.15) is 36.8 Å². The minimum absolute atomic E-state index is 0.125.